The van der Waals surface area contributed by atoms with Gasteiger partial charge in [-0.15, -0.1) is 0 Å². The molecule has 0 heterocycles. The number of ether oxygens (including phenoxy) is 6. The van der Waals surface area contributed by atoms with Crippen molar-refractivity contribution in [2.75, 3.05) is 27.4 Å². The van der Waals surface area contributed by atoms with Crippen LogP contribution in [0.4, 0.5) is 0 Å². The lowest BCUT2D eigenvalue weighted by Gasteiger charge is -2.24. The van der Waals surface area contributed by atoms with E-state index < -0.39 is 17.5 Å². The lowest BCUT2D eigenvalue weighted by Crippen LogP contribution is -2.41. The largest absolute Gasteiger partial charge is 0.493 e. The van der Waals surface area contributed by atoms with E-state index >= 15 is 0 Å². The van der Waals surface area contributed by atoms with Crippen LogP contribution in [-0.2, 0) is 20.7 Å². The van der Waals surface area contributed by atoms with E-state index in [4.69, 9.17) is 28.4 Å². The highest BCUT2D eigenvalue weighted by Gasteiger charge is 2.33. The van der Waals surface area contributed by atoms with Gasteiger partial charge in [0.2, 0.25) is 5.60 Å². The molecule has 0 aliphatic rings. The van der Waals surface area contributed by atoms with Crippen LogP contribution in [0.15, 0.2) is 97.1 Å². The highest BCUT2D eigenvalue weighted by Crippen LogP contribution is 2.33. The SMILES string of the molecule is CCCc1ccc(-c2ccc(OCCOC(=O)C=Cc3ccc(OC(=O)C(C)(C)Oc4ccccc4)c(OC)c3)c(OC)c2)cc1. The molecule has 0 spiro atoms. The molecule has 0 fully saturated rings. The van der Waals surface area contributed by atoms with Crippen LogP contribution in [0.3, 0.4) is 0 Å². The minimum atomic E-state index is -1.24. The first-order valence-corrected chi connectivity index (χ1v) is 15.1. The van der Waals surface area contributed by atoms with Gasteiger partial charge in [-0.3, -0.25) is 0 Å². The molecule has 0 N–H and O–H groups in total. The third-order valence-electron chi connectivity index (χ3n) is 6.98. The molecule has 8 nitrogen and oxygen atoms in total. The average Bonchev–Trinajstić information content (AvgIpc) is 3.07. The first-order chi connectivity index (χ1) is 22.2. The molecule has 0 aliphatic carbocycles. The zero-order valence-corrected chi connectivity index (χ0v) is 26.9. The second-order valence-electron chi connectivity index (χ2n) is 10.9. The van der Waals surface area contributed by atoms with Gasteiger partial charge < -0.3 is 28.4 Å². The molecule has 0 radical (unpaired) electrons. The second kappa shape index (κ2) is 16.2. The van der Waals surface area contributed by atoms with Gasteiger partial charge in [-0.25, -0.2) is 9.59 Å². The molecule has 0 saturated carbocycles. The van der Waals surface area contributed by atoms with E-state index in [2.05, 4.69) is 31.2 Å². The Kier molecular flexibility index (Phi) is 11.8. The maximum atomic E-state index is 12.9. The van der Waals surface area contributed by atoms with Crippen LogP contribution in [0.25, 0.3) is 17.2 Å². The van der Waals surface area contributed by atoms with Gasteiger partial charge in [0.05, 0.1) is 14.2 Å². The summed E-state index contributed by atoms with van der Waals surface area (Å²) in [5.41, 5.74) is 2.83. The fourth-order valence-electron chi connectivity index (χ4n) is 4.54. The molecule has 0 amide bonds. The van der Waals surface area contributed by atoms with E-state index in [-0.39, 0.29) is 19.0 Å². The molecular weight excluding hydrogens is 584 g/mol. The summed E-state index contributed by atoms with van der Waals surface area (Å²) in [6, 6.07) is 28.2. The van der Waals surface area contributed by atoms with Gasteiger partial charge in [-0.2, -0.15) is 0 Å². The summed E-state index contributed by atoms with van der Waals surface area (Å²) >= 11 is 0. The van der Waals surface area contributed by atoms with Crippen molar-refractivity contribution in [3.05, 3.63) is 108 Å². The van der Waals surface area contributed by atoms with Gasteiger partial charge in [-0.1, -0.05) is 67.9 Å². The standard InChI is InChI=1S/C38H40O8/c1-6-10-27-13-17-29(18-14-27)30-19-21-32(35(26-30)42-5)43-23-24-44-36(39)22-16-28-15-20-33(34(25-28)41-4)45-37(40)38(2,3)46-31-11-8-7-9-12-31/h7-9,11-22,25-26H,6,10,23-24H2,1-5H3. The van der Waals surface area contributed by atoms with Crippen molar-refractivity contribution in [1.82, 2.24) is 0 Å². The Morgan fingerprint density at radius 2 is 1.41 bits per heavy atom. The van der Waals surface area contributed by atoms with Crippen LogP contribution >= 0.6 is 0 Å². The van der Waals surface area contributed by atoms with Crippen LogP contribution < -0.4 is 23.7 Å². The zero-order valence-electron chi connectivity index (χ0n) is 26.9. The molecule has 0 bridgehead atoms. The molecular formula is C38H40O8. The number of aryl methyl sites for hydroxylation is 1. The number of para-hydroxylation sites is 1. The quantitative estimate of drug-likeness (QED) is 0.0575. The lowest BCUT2D eigenvalue weighted by atomic mass is 10.0. The third kappa shape index (κ3) is 9.38. The number of hydrogen-bond donors (Lipinski definition) is 0. The number of methoxy groups -OCH3 is 2. The highest BCUT2D eigenvalue weighted by atomic mass is 16.6. The van der Waals surface area contributed by atoms with Gasteiger partial charge in [0, 0.05) is 6.08 Å². The number of rotatable bonds is 15. The molecule has 4 aromatic rings. The Morgan fingerprint density at radius 1 is 0.739 bits per heavy atom. The van der Waals surface area contributed by atoms with E-state index in [1.165, 1.54) is 18.7 Å². The molecule has 46 heavy (non-hydrogen) atoms. The average molecular weight is 625 g/mol. The summed E-state index contributed by atoms with van der Waals surface area (Å²) in [6.07, 6.45) is 5.05. The summed E-state index contributed by atoms with van der Waals surface area (Å²) in [5.74, 6) is 1.12. The minimum Gasteiger partial charge on any atom is -0.493 e. The summed E-state index contributed by atoms with van der Waals surface area (Å²) in [5, 5.41) is 0. The topological polar surface area (TPSA) is 89.5 Å². The van der Waals surface area contributed by atoms with E-state index in [9.17, 15) is 9.59 Å². The smallest absolute Gasteiger partial charge is 0.355 e. The number of benzene rings is 4. The van der Waals surface area contributed by atoms with Crippen molar-refractivity contribution >= 4 is 18.0 Å². The van der Waals surface area contributed by atoms with Crippen molar-refractivity contribution in [2.24, 2.45) is 0 Å². The number of carbonyl (C=O) groups excluding carboxylic acids is 2. The van der Waals surface area contributed by atoms with Gasteiger partial charge in [0.1, 0.15) is 19.0 Å². The molecule has 240 valence electrons. The molecule has 0 unspecified atom stereocenters. The lowest BCUT2D eigenvalue weighted by molar-refractivity contribution is -0.149. The molecule has 8 heteroatoms. The minimum absolute atomic E-state index is 0.0476. The van der Waals surface area contributed by atoms with Gasteiger partial charge in [-0.05, 0) is 85.0 Å². The fraction of sp³-hybridized carbons (Fsp3) is 0.263. The Bertz CT molecular complexity index is 1620. The van der Waals surface area contributed by atoms with E-state index in [1.54, 1.807) is 57.4 Å². The van der Waals surface area contributed by atoms with Crippen LogP contribution in [0.5, 0.6) is 28.7 Å². The van der Waals surface area contributed by atoms with E-state index in [0.29, 0.717) is 28.6 Å². The maximum Gasteiger partial charge on any atom is 0.355 e. The summed E-state index contributed by atoms with van der Waals surface area (Å²) in [4.78, 5) is 25.2. The van der Waals surface area contributed by atoms with Crippen molar-refractivity contribution < 1.29 is 38.0 Å². The van der Waals surface area contributed by atoms with Crippen molar-refractivity contribution in [3.8, 4) is 39.9 Å². The Hall–Kier alpha value is -5.24. The molecule has 0 saturated heterocycles. The Labute approximate surface area is 270 Å². The van der Waals surface area contributed by atoms with E-state index in [0.717, 1.165) is 24.0 Å². The molecule has 4 rings (SSSR count). The van der Waals surface area contributed by atoms with Crippen LogP contribution in [-0.4, -0.2) is 45.0 Å². The monoisotopic (exact) mass is 624 g/mol. The Morgan fingerprint density at radius 3 is 2.11 bits per heavy atom. The van der Waals surface area contributed by atoms with Crippen molar-refractivity contribution in [2.45, 2.75) is 39.2 Å². The van der Waals surface area contributed by atoms with Crippen LogP contribution in [0.1, 0.15) is 38.3 Å². The summed E-state index contributed by atoms with van der Waals surface area (Å²) in [6.45, 7) is 5.62. The third-order valence-corrected chi connectivity index (χ3v) is 6.98. The first-order valence-electron chi connectivity index (χ1n) is 15.1. The maximum absolute atomic E-state index is 12.9. The normalized spacial score (nSPS) is 11.2. The number of esters is 2. The highest BCUT2D eigenvalue weighted by molar-refractivity contribution is 5.87. The molecule has 0 aromatic heterocycles. The predicted molar refractivity (Wildman–Crippen MR) is 178 cm³/mol. The van der Waals surface area contributed by atoms with Gasteiger partial charge in [0.15, 0.2) is 23.0 Å². The summed E-state index contributed by atoms with van der Waals surface area (Å²) in [7, 11) is 3.06. The Balaban J connectivity index is 1.27. The molecule has 0 atom stereocenters. The van der Waals surface area contributed by atoms with Crippen LogP contribution in [0.2, 0.25) is 0 Å². The van der Waals surface area contributed by atoms with Crippen molar-refractivity contribution in [3.63, 3.8) is 0 Å². The zero-order chi connectivity index (χ0) is 32.9. The van der Waals surface area contributed by atoms with Crippen molar-refractivity contribution in [1.29, 1.82) is 0 Å². The van der Waals surface area contributed by atoms with Gasteiger partial charge >= 0.3 is 11.9 Å². The molecule has 4 aromatic carbocycles. The van der Waals surface area contributed by atoms with E-state index in [1.807, 2.05) is 36.4 Å². The number of carbonyl (C=O) groups is 2. The van der Waals surface area contributed by atoms with Crippen LogP contribution in [0, 0.1) is 0 Å². The fourth-order valence-corrected chi connectivity index (χ4v) is 4.54. The predicted octanol–water partition coefficient (Wildman–Crippen LogP) is 7.72. The molecule has 0 aliphatic heterocycles. The first kappa shape index (κ1) is 33.6. The van der Waals surface area contributed by atoms with Gasteiger partial charge in [0.25, 0.3) is 0 Å². The number of hydrogen-bond acceptors (Lipinski definition) is 8. The summed E-state index contributed by atoms with van der Waals surface area (Å²) < 4.78 is 33.5. The second-order valence-corrected chi connectivity index (χ2v) is 10.9.